The lowest BCUT2D eigenvalue weighted by atomic mass is 9.87. The molecular weight excluding hydrogens is 364 g/mol. The van der Waals surface area contributed by atoms with Gasteiger partial charge in [0.1, 0.15) is 5.60 Å². The molecule has 1 N–H and O–H groups in total. The molecule has 2 saturated heterocycles. The number of carbonyl (C=O) groups excluding carboxylic acids is 1. The van der Waals surface area contributed by atoms with Crippen LogP contribution in [0.3, 0.4) is 0 Å². The second-order valence-corrected chi connectivity index (χ2v) is 10.7. The van der Waals surface area contributed by atoms with E-state index in [1.807, 2.05) is 25.8 Å². The van der Waals surface area contributed by atoms with Gasteiger partial charge in [0.25, 0.3) is 0 Å². The first-order chi connectivity index (χ1) is 13.9. The van der Waals surface area contributed by atoms with E-state index >= 15 is 0 Å². The second-order valence-electron chi connectivity index (χ2n) is 10.7. The quantitative estimate of drug-likeness (QED) is 0.705. The van der Waals surface area contributed by atoms with Crippen molar-refractivity contribution in [3.63, 3.8) is 0 Å². The van der Waals surface area contributed by atoms with Crippen LogP contribution >= 0.6 is 0 Å². The van der Waals surface area contributed by atoms with E-state index in [0.29, 0.717) is 6.04 Å². The third kappa shape index (κ3) is 5.45. The minimum Gasteiger partial charge on any atom is -0.443 e. The average molecular weight is 407 g/mol. The standard InChI is InChI=1S/C23H42N4O2/c1-23(2,3)29-22(28)27(21-12-10-20(11-13-21)26-16-5-17-26)24-18-6-8-19(9-7-18)25-14-4-15-25/h18-21,24H,4-17H2,1-3H3. The predicted octanol–water partition coefficient (Wildman–Crippen LogP) is 3.76. The van der Waals surface area contributed by atoms with Gasteiger partial charge in [-0.1, -0.05) is 0 Å². The summed E-state index contributed by atoms with van der Waals surface area (Å²) in [4.78, 5) is 18.3. The minimum absolute atomic E-state index is 0.185. The first-order valence-electron chi connectivity index (χ1n) is 12.2. The molecule has 0 bridgehead atoms. The molecule has 0 aromatic rings. The molecule has 2 heterocycles. The van der Waals surface area contributed by atoms with Crippen molar-refractivity contribution >= 4 is 6.09 Å². The van der Waals surface area contributed by atoms with Gasteiger partial charge in [0.2, 0.25) is 0 Å². The minimum atomic E-state index is -0.457. The van der Waals surface area contributed by atoms with Gasteiger partial charge in [0.05, 0.1) is 6.04 Å². The molecule has 0 radical (unpaired) electrons. The molecule has 0 spiro atoms. The number of rotatable bonds is 5. The van der Waals surface area contributed by atoms with Gasteiger partial charge in [-0.15, -0.1) is 0 Å². The summed E-state index contributed by atoms with van der Waals surface area (Å²) < 4.78 is 5.79. The van der Waals surface area contributed by atoms with Crippen LogP contribution in [-0.4, -0.2) is 76.8 Å². The Morgan fingerprint density at radius 1 is 0.828 bits per heavy atom. The second kappa shape index (κ2) is 9.11. The fourth-order valence-electron chi connectivity index (χ4n) is 5.48. The maximum Gasteiger partial charge on any atom is 0.425 e. The molecule has 0 atom stereocenters. The largest absolute Gasteiger partial charge is 0.443 e. The van der Waals surface area contributed by atoms with Crippen molar-refractivity contribution in [3.8, 4) is 0 Å². The first kappa shape index (κ1) is 21.4. The van der Waals surface area contributed by atoms with E-state index in [1.165, 1.54) is 64.7 Å². The zero-order chi connectivity index (χ0) is 20.4. The van der Waals surface area contributed by atoms with Crippen LogP contribution in [0.5, 0.6) is 0 Å². The van der Waals surface area contributed by atoms with Crippen LogP contribution in [0.4, 0.5) is 4.79 Å². The van der Waals surface area contributed by atoms with Gasteiger partial charge < -0.3 is 14.5 Å². The van der Waals surface area contributed by atoms with Gasteiger partial charge in [-0.3, -0.25) is 0 Å². The Kier molecular flexibility index (Phi) is 6.72. The van der Waals surface area contributed by atoms with Crippen molar-refractivity contribution in [3.05, 3.63) is 0 Å². The summed E-state index contributed by atoms with van der Waals surface area (Å²) in [5, 5.41) is 1.90. The Labute approximate surface area is 177 Å². The van der Waals surface area contributed by atoms with Crippen LogP contribution < -0.4 is 5.43 Å². The molecule has 0 unspecified atom stereocenters. The molecule has 0 aromatic carbocycles. The maximum absolute atomic E-state index is 13.1. The monoisotopic (exact) mass is 406 g/mol. The molecule has 29 heavy (non-hydrogen) atoms. The molecule has 6 heteroatoms. The fraction of sp³-hybridized carbons (Fsp3) is 0.957. The number of amides is 1. The van der Waals surface area contributed by atoms with Crippen LogP contribution in [0.2, 0.25) is 0 Å². The Bertz CT molecular complexity index is 540. The van der Waals surface area contributed by atoms with Crippen molar-refractivity contribution in [2.45, 2.75) is 115 Å². The molecule has 4 aliphatic rings. The van der Waals surface area contributed by atoms with E-state index in [9.17, 15) is 4.79 Å². The topological polar surface area (TPSA) is 48.1 Å². The van der Waals surface area contributed by atoms with Crippen molar-refractivity contribution < 1.29 is 9.53 Å². The highest BCUT2D eigenvalue weighted by molar-refractivity contribution is 5.68. The predicted molar refractivity (Wildman–Crippen MR) is 116 cm³/mol. The summed E-state index contributed by atoms with van der Waals surface area (Å²) in [6.07, 6.45) is 11.9. The molecule has 2 aliphatic heterocycles. The molecule has 2 aliphatic carbocycles. The molecule has 0 aromatic heterocycles. The van der Waals surface area contributed by atoms with Crippen LogP contribution in [0.25, 0.3) is 0 Å². The lowest BCUT2D eigenvalue weighted by molar-refractivity contribution is -0.0203. The Hall–Kier alpha value is -0.850. The van der Waals surface area contributed by atoms with Crippen LogP contribution in [0, 0.1) is 0 Å². The lowest BCUT2D eigenvalue weighted by Gasteiger charge is -2.46. The average Bonchev–Trinajstić information content (AvgIpc) is 2.57. The van der Waals surface area contributed by atoms with Crippen LogP contribution in [-0.2, 0) is 4.74 Å². The van der Waals surface area contributed by atoms with Gasteiger partial charge >= 0.3 is 6.09 Å². The first-order valence-corrected chi connectivity index (χ1v) is 12.2. The van der Waals surface area contributed by atoms with E-state index in [1.54, 1.807) is 0 Å². The van der Waals surface area contributed by atoms with Crippen LogP contribution in [0.15, 0.2) is 0 Å². The zero-order valence-corrected chi connectivity index (χ0v) is 18.9. The SMILES string of the molecule is CC(C)(C)OC(=O)N(NC1CCC(N2CCC2)CC1)C1CCC(N2CCC2)CC1. The van der Waals surface area contributed by atoms with E-state index in [4.69, 9.17) is 4.74 Å². The van der Waals surface area contributed by atoms with Crippen molar-refractivity contribution in [2.24, 2.45) is 0 Å². The van der Waals surface area contributed by atoms with Crippen molar-refractivity contribution in [1.82, 2.24) is 20.2 Å². The van der Waals surface area contributed by atoms with Crippen LogP contribution in [0.1, 0.15) is 85.0 Å². The van der Waals surface area contributed by atoms with Gasteiger partial charge in [0.15, 0.2) is 0 Å². The number of ether oxygens (including phenoxy) is 1. The molecule has 6 nitrogen and oxygen atoms in total. The number of hydrogen-bond acceptors (Lipinski definition) is 5. The van der Waals surface area contributed by atoms with Gasteiger partial charge in [-0.2, -0.15) is 0 Å². The maximum atomic E-state index is 13.1. The molecule has 1 amide bonds. The molecule has 166 valence electrons. The Balaban J connectivity index is 1.33. The van der Waals surface area contributed by atoms with Gasteiger partial charge in [-0.05, 0) is 111 Å². The van der Waals surface area contributed by atoms with E-state index < -0.39 is 5.60 Å². The summed E-state index contributed by atoms with van der Waals surface area (Å²) in [7, 11) is 0. The number of nitrogens with one attached hydrogen (secondary N) is 1. The van der Waals surface area contributed by atoms with Gasteiger partial charge in [0, 0.05) is 18.1 Å². The van der Waals surface area contributed by atoms with Crippen molar-refractivity contribution in [1.29, 1.82) is 0 Å². The molecule has 4 rings (SSSR count). The lowest BCUT2D eigenvalue weighted by Crippen LogP contribution is -2.58. The molecular formula is C23H42N4O2. The highest BCUT2D eigenvalue weighted by atomic mass is 16.6. The molecule has 4 fully saturated rings. The van der Waals surface area contributed by atoms with Gasteiger partial charge in [-0.25, -0.2) is 15.2 Å². The number of hydrazine groups is 1. The third-order valence-electron chi connectivity index (χ3n) is 7.45. The Morgan fingerprint density at radius 3 is 1.72 bits per heavy atom. The fourth-order valence-corrected chi connectivity index (χ4v) is 5.48. The highest BCUT2D eigenvalue weighted by Gasteiger charge is 2.37. The smallest absolute Gasteiger partial charge is 0.425 e. The highest BCUT2D eigenvalue weighted by Crippen LogP contribution is 2.31. The number of hydrogen-bond donors (Lipinski definition) is 1. The number of nitrogens with zero attached hydrogens (tertiary/aromatic N) is 3. The summed E-state index contributed by atoms with van der Waals surface area (Å²) in [6.45, 7) is 11.0. The molecule has 2 saturated carbocycles. The third-order valence-corrected chi connectivity index (χ3v) is 7.45. The van der Waals surface area contributed by atoms with E-state index in [0.717, 1.165) is 37.8 Å². The Morgan fingerprint density at radius 2 is 1.31 bits per heavy atom. The number of carbonyl (C=O) groups is 1. The normalized spacial score (nSPS) is 34.2. The van der Waals surface area contributed by atoms with Crippen molar-refractivity contribution in [2.75, 3.05) is 26.2 Å². The van der Waals surface area contributed by atoms with E-state index in [-0.39, 0.29) is 12.1 Å². The summed E-state index contributed by atoms with van der Waals surface area (Å²) >= 11 is 0. The van der Waals surface area contributed by atoms with E-state index in [2.05, 4.69) is 15.2 Å². The summed E-state index contributed by atoms with van der Waals surface area (Å²) in [5.41, 5.74) is 3.18. The number of likely N-dealkylation sites (tertiary alicyclic amines) is 2. The zero-order valence-electron chi connectivity index (χ0n) is 18.9. The summed E-state index contributed by atoms with van der Waals surface area (Å²) in [6, 6.07) is 2.15. The summed E-state index contributed by atoms with van der Waals surface area (Å²) in [5.74, 6) is 0.